The Hall–Kier alpha value is -2.05. The number of ether oxygens (including phenoxy) is 1. The standard InChI is InChI=1S/C23H33N3O3/c1-2-15-29-21-7-5-19(6-8-21)16-24-13-9-23(28)10-14-26(18-20(23)17-24)22(27)25-11-3-4-12-25/h2,5-8,20,28H,1,3-4,9-18H2/t20-,23-/m1/s1. The number of carbonyl (C=O) groups is 1. The lowest BCUT2D eigenvalue weighted by Gasteiger charge is -2.50. The van der Waals surface area contributed by atoms with Crippen molar-refractivity contribution >= 4 is 6.03 Å². The van der Waals surface area contributed by atoms with Crippen LogP contribution in [-0.4, -0.2) is 77.3 Å². The Kier molecular flexibility index (Phi) is 6.11. The smallest absolute Gasteiger partial charge is 0.320 e. The van der Waals surface area contributed by atoms with E-state index in [1.165, 1.54) is 5.56 Å². The molecule has 0 saturated carbocycles. The third kappa shape index (κ3) is 4.59. The fourth-order valence-corrected chi connectivity index (χ4v) is 4.90. The van der Waals surface area contributed by atoms with Gasteiger partial charge in [-0.3, -0.25) is 4.90 Å². The molecular formula is C23H33N3O3. The number of nitrogens with zero attached hydrogens (tertiary/aromatic N) is 3. The average molecular weight is 400 g/mol. The molecule has 0 bridgehead atoms. The number of hydrogen-bond acceptors (Lipinski definition) is 4. The van der Waals surface area contributed by atoms with Crippen molar-refractivity contribution in [2.75, 3.05) is 45.9 Å². The Labute approximate surface area is 173 Å². The van der Waals surface area contributed by atoms with Gasteiger partial charge in [-0.1, -0.05) is 24.8 Å². The van der Waals surface area contributed by atoms with E-state index in [1.54, 1.807) is 6.08 Å². The maximum absolute atomic E-state index is 12.8. The monoisotopic (exact) mass is 399 g/mol. The van der Waals surface area contributed by atoms with Gasteiger partial charge in [-0.25, -0.2) is 4.79 Å². The van der Waals surface area contributed by atoms with Crippen molar-refractivity contribution in [3.05, 3.63) is 42.5 Å². The first-order valence-corrected chi connectivity index (χ1v) is 10.9. The van der Waals surface area contributed by atoms with E-state index in [1.807, 2.05) is 21.9 Å². The number of carbonyl (C=O) groups excluding carboxylic acids is 1. The molecule has 0 aromatic heterocycles. The summed E-state index contributed by atoms with van der Waals surface area (Å²) in [6, 6.07) is 8.36. The summed E-state index contributed by atoms with van der Waals surface area (Å²) in [6.07, 6.45) is 5.44. The minimum atomic E-state index is -0.624. The second-order valence-corrected chi connectivity index (χ2v) is 8.70. The topological polar surface area (TPSA) is 56.3 Å². The van der Waals surface area contributed by atoms with Gasteiger partial charge >= 0.3 is 6.03 Å². The Morgan fingerprint density at radius 1 is 1.10 bits per heavy atom. The molecule has 0 spiro atoms. The van der Waals surface area contributed by atoms with Gasteiger partial charge in [0.15, 0.2) is 0 Å². The second-order valence-electron chi connectivity index (χ2n) is 8.70. The van der Waals surface area contributed by atoms with Crippen LogP contribution in [0.25, 0.3) is 0 Å². The zero-order chi connectivity index (χ0) is 20.3. The van der Waals surface area contributed by atoms with E-state index < -0.39 is 5.60 Å². The van der Waals surface area contributed by atoms with Crippen molar-refractivity contribution in [3.8, 4) is 5.75 Å². The first-order chi connectivity index (χ1) is 14.1. The largest absolute Gasteiger partial charge is 0.490 e. The van der Waals surface area contributed by atoms with E-state index in [9.17, 15) is 9.90 Å². The molecule has 2 amide bonds. The molecule has 0 radical (unpaired) electrons. The molecule has 1 aromatic rings. The molecule has 6 heteroatoms. The number of benzene rings is 1. The number of fused-ring (bicyclic) bond motifs is 1. The number of rotatable bonds is 5. The highest BCUT2D eigenvalue weighted by molar-refractivity contribution is 5.75. The van der Waals surface area contributed by atoms with Crippen molar-refractivity contribution in [1.82, 2.24) is 14.7 Å². The molecule has 1 aromatic carbocycles. The van der Waals surface area contributed by atoms with Crippen LogP contribution in [-0.2, 0) is 6.54 Å². The first kappa shape index (κ1) is 20.2. The molecule has 3 saturated heterocycles. The van der Waals surface area contributed by atoms with Crippen LogP contribution < -0.4 is 4.74 Å². The predicted molar refractivity (Wildman–Crippen MR) is 113 cm³/mol. The van der Waals surface area contributed by atoms with Crippen LogP contribution in [0.5, 0.6) is 5.75 Å². The summed E-state index contributed by atoms with van der Waals surface area (Å²) < 4.78 is 5.55. The highest BCUT2D eigenvalue weighted by Crippen LogP contribution is 2.36. The van der Waals surface area contributed by atoms with Gasteiger partial charge < -0.3 is 19.6 Å². The van der Waals surface area contributed by atoms with Crippen LogP contribution >= 0.6 is 0 Å². The van der Waals surface area contributed by atoms with E-state index in [-0.39, 0.29) is 11.9 Å². The second kappa shape index (κ2) is 8.76. The SMILES string of the molecule is C=CCOc1ccc(CN2CC[C@@]3(O)CCN(C(=O)N4CCCC4)C[C@H]3C2)cc1. The molecule has 6 nitrogen and oxygen atoms in total. The summed E-state index contributed by atoms with van der Waals surface area (Å²) in [5, 5.41) is 11.2. The molecule has 3 heterocycles. The summed E-state index contributed by atoms with van der Waals surface area (Å²) in [5.41, 5.74) is 0.614. The number of aliphatic hydroxyl groups is 1. The minimum absolute atomic E-state index is 0.117. The quantitative estimate of drug-likeness (QED) is 0.774. The molecule has 29 heavy (non-hydrogen) atoms. The Balaban J connectivity index is 1.35. The minimum Gasteiger partial charge on any atom is -0.490 e. The summed E-state index contributed by atoms with van der Waals surface area (Å²) in [7, 11) is 0. The molecule has 1 N–H and O–H groups in total. The highest BCUT2D eigenvalue weighted by atomic mass is 16.5. The fourth-order valence-electron chi connectivity index (χ4n) is 4.90. The summed E-state index contributed by atoms with van der Waals surface area (Å²) >= 11 is 0. The summed E-state index contributed by atoms with van der Waals surface area (Å²) in [4.78, 5) is 19.1. The normalized spacial score (nSPS) is 27.6. The fraction of sp³-hybridized carbons (Fsp3) is 0.609. The lowest BCUT2D eigenvalue weighted by molar-refractivity contribution is -0.108. The molecule has 0 aliphatic carbocycles. The van der Waals surface area contributed by atoms with Crippen LogP contribution in [0.15, 0.2) is 36.9 Å². The zero-order valence-electron chi connectivity index (χ0n) is 17.3. The Bertz CT molecular complexity index is 717. The van der Waals surface area contributed by atoms with Gasteiger partial charge in [0.25, 0.3) is 0 Å². The molecule has 3 aliphatic rings. The molecule has 4 rings (SSSR count). The van der Waals surface area contributed by atoms with E-state index in [0.717, 1.165) is 57.7 Å². The lowest BCUT2D eigenvalue weighted by Crippen LogP contribution is -2.61. The third-order valence-corrected chi connectivity index (χ3v) is 6.70. The first-order valence-electron chi connectivity index (χ1n) is 10.9. The van der Waals surface area contributed by atoms with Gasteiger partial charge in [-0.15, -0.1) is 0 Å². The highest BCUT2D eigenvalue weighted by Gasteiger charge is 2.46. The lowest BCUT2D eigenvalue weighted by atomic mass is 9.75. The van der Waals surface area contributed by atoms with E-state index in [0.29, 0.717) is 26.1 Å². The van der Waals surface area contributed by atoms with Crippen LogP contribution in [0.3, 0.4) is 0 Å². The van der Waals surface area contributed by atoms with Crippen molar-refractivity contribution < 1.29 is 14.6 Å². The van der Waals surface area contributed by atoms with Crippen molar-refractivity contribution in [3.63, 3.8) is 0 Å². The number of likely N-dealkylation sites (tertiary alicyclic amines) is 3. The zero-order valence-corrected chi connectivity index (χ0v) is 17.3. The van der Waals surface area contributed by atoms with Gasteiger partial charge in [0.1, 0.15) is 12.4 Å². The molecule has 0 unspecified atom stereocenters. The number of amides is 2. The average Bonchev–Trinajstić information content (AvgIpc) is 3.27. The maximum Gasteiger partial charge on any atom is 0.320 e. The van der Waals surface area contributed by atoms with Gasteiger partial charge in [0, 0.05) is 51.7 Å². The number of piperidine rings is 2. The van der Waals surface area contributed by atoms with Gasteiger partial charge in [-0.05, 0) is 43.4 Å². The molecule has 2 atom stereocenters. The van der Waals surface area contributed by atoms with Crippen LogP contribution in [0.2, 0.25) is 0 Å². The molecule has 158 valence electrons. The molecule has 3 fully saturated rings. The van der Waals surface area contributed by atoms with Crippen LogP contribution in [0.4, 0.5) is 4.79 Å². The maximum atomic E-state index is 12.8. The number of hydrogen-bond donors (Lipinski definition) is 1. The van der Waals surface area contributed by atoms with Crippen molar-refractivity contribution in [2.24, 2.45) is 5.92 Å². The van der Waals surface area contributed by atoms with Crippen LogP contribution in [0.1, 0.15) is 31.2 Å². The Morgan fingerprint density at radius 3 is 2.55 bits per heavy atom. The molecule has 3 aliphatic heterocycles. The van der Waals surface area contributed by atoms with E-state index >= 15 is 0 Å². The predicted octanol–water partition coefficient (Wildman–Crippen LogP) is 2.73. The van der Waals surface area contributed by atoms with Crippen LogP contribution in [0, 0.1) is 5.92 Å². The summed E-state index contributed by atoms with van der Waals surface area (Å²) in [6.45, 7) is 9.85. The van der Waals surface area contributed by atoms with Crippen molar-refractivity contribution in [2.45, 2.75) is 37.8 Å². The van der Waals surface area contributed by atoms with Crippen molar-refractivity contribution in [1.29, 1.82) is 0 Å². The summed E-state index contributed by atoms with van der Waals surface area (Å²) in [5.74, 6) is 0.969. The molecular weight excluding hydrogens is 366 g/mol. The number of urea groups is 1. The van der Waals surface area contributed by atoms with Gasteiger partial charge in [0.05, 0.1) is 5.60 Å². The van der Waals surface area contributed by atoms with E-state index in [4.69, 9.17) is 4.74 Å². The van der Waals surface area contributed by atoms with Gasteiger partial charge in [-0.2, -0.15) is 0 Å². The van der Waals surface area contributed by atoms with E-state index in [2.05, 4.69) is 23.6 Å². The van der Waals surface area contributed by atoms with Gasteiger partial charge in [0.2, 0.25) is 0 Å². The Morgan fingerprint density at radius 2 is 1.83 bits per heavy atom. The third-order valence-electron chi connectivity index (χ3n) is 6.70.